The molecule has 3 N–H and O–H groups in total. The number of allylic oxidation sites excluding steroid dienone is 1. The predicted octanol–water partition coefficient (Wildman–Crippen LogP) is 2.72. The third-order valence-corrected chi connectivity index (χ3v) is 4.45. The molecule has 2 heterocycles. The van der Waals surface area contributed by atoms with E-state index in [-0.39, 0.29) is 11.9 Å². The van der Waals surface area contributed by atoms with Crippen LogP contribution in [0.3, 0.4) is 0 Å². The Hall–Kier alpha value is -1.88. The average molecular weight is 273 g/mol. The Morgan fingerprint density at radius 3 is 3.11 bits per heavy atom. The molecule has 5 heteroatoms. The number of amides is 1. The molecule has 4 nitrogen and oxygen atoms in total. The van der Waals surface area contributed by atoms with Crippen molar-refractivity contribution in [3.8, 4) is 0 Å². The number of rotatable bonds is 2. The molecule has 1 unspecified atom stereocenters. The molecule has 0 aromatic carbocycles. The van der Waals surface area contributed by atoms with Crippen molar-refractivity contribution >= 4 is 33.1 Å². The Balaban J connectivity index is 1.85. The summed E-state index contributed by atoms with van der Waals surface area (Å²) in [6.45, 7) is 0. The molecule has 1 amide bonds. The molecule has 2 aromatic heterocycles. The molecule has 0 radical (unpaired) electrons. The van der Waals surface area contributed by atoms with Gasteiger partial charge in [0.15, 0.2) is 0 Å². The maximum Gasteiger partial charge on any atom is 0.263 e. The Labute approximate surface area is 115 Å². The van der Waals surface area contributed by atoms with Crippen LogP contribution < -0.4 is 11.1 Å². The zero-order chi connectivity index (χ0) is 13.2. The second-order valence-corrected chi connectivity index (χ2v) is 5.70. The Morgan fingerprint density at radius 2 is 2.37 bits per heavy atom. The van der Waals surface area contributed by atoms with Crippen molar-refractivity contribution in [3.63, 3.8) is 0 Å². The quantitative estimate of drug-likeness (QED) is 0.827. The monoisotopic (exact) mass is 273 g/mol. The molecule has 2 aromatic rings. The van der Waals surface area contributed by atoms with E-state index in [1.54, 1.807) is 6.20 Å². The third-order valence-electron chi connectivity index (χ3n) is 3.29. The topological polar surface area (TPSA) is 68.0 Å². The first-order valence-electron chi connectivity index (χ1n) is 6.34. The minimum atomic E-state index is -0.0826. The average Bonchev–Trinajstić information content (AvgIpc) is 2.78. The van der Waals surface area contributed by atoms with E-state index in [1.807, 2.05) is 12.1 Å². The molecule has 0 bridgehead atoms. The zero-order valence-electron chi connectivity index (χ0n) is 10.4. The van der Waals surface area contributed by atoms with Gasteiger partial charge in [0.25, 0.3) is 5.91 Å². The summed E-state index contributed by atoms with van der Waals surface area (Å²) in [7, 11) is 0. The molecular formula is C14H15N3OS. The summed E-state index contributed by atoms with van der Waals surface area (Å²) in [5, 5.41) is 3.05. The van der Waals surface area contributed by atoms with Gasteiger partial charge in [0.05, 0.1) is 10.4 Å². The number of nitrogens with two attached hydrogens (primary N) is 1. The molecule has 0 saturated carbocycles. The first-order chi connectivity index (χ1) is 9.25. The third kappa shape index (κ3) is 2.33. The van der Waals surface area contributed by atoms with Gasteiger partial charge >= 0.3 is 0 Å². The molecule has 98 valence electrons. The summed E-state index contributed by atoms with van der Waals surface area (Å²) in [6.07, 6.45) is 8.87. The highest BCUT2D eigenvalue weighted by Crippen LogP contribution is 2.31. The number of pyridine rings is 1. The van der Waals surface area contributed by atoms with Crippen molar-refractivity contribution in [1.29, 1.82) is 0 Å². The highest BCUT2D eigenvalue weighted by Gasteiger charge is 2.20. The molecular weight excluding hydrogens is 258 g/mol. The van der Waals surface area contributed by atoms with Crippen molar-refractivity contribution in [2.75, 3.05) is 5.73 Å². The highest BCUT2D eigenvalue weighted by atomic mass is 32.1. The van der Waals surface area contributed by atoms with Gasteiger partial charge in [-0.15, -0.1) is 11.3 Å². The number of carbonyl (C=O) groups is 1. The first kappa shape index (κ1) is 12.2. The molecule has 3 rings (SSSR count). The molecule has 1 atom stereocenters. The van der Waals surface area contributed by atoms with Crippen molar-refractivity contribution in [2.45, 2.75) is 25.3 Å². The van der Waals surface area contributed by atoms with Gasteiger partial charge < -0.3 is 11.1 Å². The predicted molar refractivity (Wildman–Crippen MR) is 78.3 cm³/mol. The number of fused-ring (bicyclic) bond motifs is 1. The molecule has 0 aliphatic heterocycles. The van der Waals surface area contributed by atoms with E-state index in [0.29, 0.717) is 10.6 Å². The first-order valence-corrected chi connectivity index (χ1v) is 7.16. The van der Waals surface area contributed by atoms with Gasteiger partial charge in [-0.1, -0.05) is 12.2 Å². The fraction of sp³-hybridized carbons (Fsp3) is 0.286. The summed E-state index contributed by atoms with van der Waals surface area (Å²) in [4.78, 5) is 17.1. The van der Waals surface area contributed by atoms with Gasteiger partial charge in [0.1, 0.15) is 10.4 Å². The van der Waals surface area contributed by atoms with E-state index in [4.69, 9.17) is 5.73 Å². The molecule has 19 heavy (non-hydrogen) atoms. The van der Waals surface area contributed by atoms with Crippen LogP contribution >= 0.6 is 11.3 Å². The minimum Gasteiger partial charge on any atom is -0.396 e. The van der Waals surface area contributed by atoms with Crippen LogP contribution in [0.25, 0.3) is 10.2 Å². The van der Waals surface area contributed by atoms with Crippen LogP contribution in [0.2, 0.25) is 0 Å². The lowest BCUT2D eigenvalue weighted by atomic mass is 10.0. The lowest BCUT2D eigenvalue weighted by Crippen LogP contribution is -2.35. The summed E-state index contributed by atoms with van der Waals surface area (Å²) < 4.78 is 0.952. The van der Waals surface area contributed by atoms with Crippen LogP contribution in [0, 0.1) is 0 Å². The van der Waals surface area contributed by atoms with Crippen molar-refractivity contribution in [2.24, 2.45) is 0 Å². The number of nitrogen functional groups attached to an aromatic ring is 1. The standard InChI is InChI=1S/C14H15N3OS/c15-11-12-10(7-4-8-16-12)19-13(11)14(18)17-9-5-2-1-3-6-9/h1-2,4,7-9H,3,5-6,15H2,(H,17,18). The number of anilines is 1. The summed E-state index contributed by atoms with van der Waals surface area (Å²) in [5.41, 5.74) is 7.23. The van der Waals surface area contributed by atoms with Crippen molar-refractivity contribution < 1.29 is 4.79 Å². The Morgan fingerprint density at radius 1 is 1.47 bits per heavy atom. The van der Waals surface area contributed by atoms with Gasteiger partial charge in [-0.2, -0.15) is 0 Å². The summed E-state index contributed by atoms with van der Waals surface area (Å²) >= 11 is 1.40. The molecule has 1 aliphatic carbocycles. The number of thiophene rings is 1. The van der Waals surface area contributed by atoms with E-state index >= 15 is 0 Å². The molecule has 1 aliphatic rings. The van der Waals surface area contributed by atoms with E-state index in [1.165, 1.54) is 11.3 Å². The molecule has 0 fully saturated rings. The van der Waals surface area contributed by atoms with E-state index in [0.717, 1.165) is 29.5 Å². The van der Waals surface area contributed by atoms with Gasteiger partial charge in [-0.25, -0.2) is 0 Å². The summed E-state index contributed by atoms with van der Waals surface area (Å²) in [5.74, 6) is -0.0826. The number of carbonyl (C=O) groups excluding carboxylic acids is 1. The maximum absolute atomic E-state index is 12.3. The van der Waals surface area contributed by atoms with Crippen molar-refractivity contribution in [1.82, 2.24) is 10.3 Å². The van der Waals surface area contributed by atoms with Crippen LogP contribution in [0.15, 0.2) is 30.5 Å². The lowest BCUT2D eigenvalue weighted by Gasteiger charge is -2.18. The highest BCUT2D eigenvalue weighted by molar-refractivity contribution is 7.21. The second-order valence-electron chi connectivity index (χ2n) is 4.65. The van der Waals surface area contributed by atoms with Gasteiger partial charge in [0, 0.05) is 12.2 Å². The van der Waals surface area contributed by atoms with Crippen LogP contribution in [0.1, 0.15) is 28.9 Å². The zero-order valence-corrected chi connectivity index (χ0v) is 11.2. The number of hydrogen-bond donors (Lipinski definition) is 2. The Kier molecular flexibility index (Phi) is 3.21. The van der Waals surface area contributed by atoms with Crippen LogP contribution in [-0.2, 0) is 0 Å². The fourth-order valence-corrected chi connectivity index (χ4v) is 3.28. The minimum absolute atomic E-state index is 0.0826. The van der Waals surface area contributed by atoms with Gasteiger partial charge in [-0.05, 0) is 31.4 Å². The number of hydrogen-bond acceptors (Lipinski definition) is 4. The number of aromatic nitrogens is 1. The second kappa shape index (κ2) is 5.01. The van der Waals surface area contributed by atoms with Gasteiger partial charge in [0.2, 0.25) is 0 Å². The van der Waals surface area contributed by atoms with E-state index < -0.39 is 0 Å². The smallest absolute Gasteiger partial charge is 0.263 e. The maximum atomic E-state index is 12.3. The molecule has 0 saturated heterocycles. The van der Waals surface area contributed by atoms with E-state index in [9.17, 15) is 4.79 Å². The largest absolute Gasteiger partial charge is 0.396 e. The van der Waals surface area contributed by atoms with Crippen molar-refractivity contribution in [3.05, 3.63) is 35.4 Å². The summed E-state index contributed by atoms with van der Waals surface area (Å²) in [6, 6.07) is 4.00. The van der Waals surface area contributed by atoms with Crippen LogP contribution in [0.4, 0.5) is 5.69 Å². The SMILES string of the molecule is Nc1c(C(=O)NC2CC=CCC2)sc2cccnc12. The molecule has 0 spiro atoms. The van der Waals surface area contributed by atoms with Crippen LogP contribution in [-0.4, -0.2) is 16.9 Å². The Bertz CT molecular complexity index is 647. The fourth-order valence-electron chi connectivity index (χ4n) is 2.29. The normalized spacial score (nSPS) is 18.6. The number of nitrogens with one attached hydrogen (secondary N) is 1. The van der Waals surface area contributed by atoms with E-state index in [2.05, 4.69) is 22.5 Å². The van der Waals surface area contributed by atoms with Gasteiger partial charge in [-0.3, -0.25) is 9.78 Å². The lowest BCUT2D eigenvalue weighted by molar-refractivity contribution is 0.0939. The number of nitrogens with zero attached hydrogens (tertiary/aromatic N) is 1. The van der Waals surface area contributed by atoms with Crippen LogP contribution in [0.5, 0.6) is 0 Å².